The number of carbonyl (C=O) groups excluding carboxylic acids is 1. The van der Waals surface area contributed by atoms with Crippen LogP contribution in [0.15, 0.2) is 10.6 Å². The van der Waals surface area contributed by atoms with Gasteiger partial charge in [0.05, 0.1) is 6.04 Å². The highest BCUT2D eigenvalue weighted by Crippen LogP contribution is 2.32. The molecule has 0 aromatic carbocycles. The topological polar surface area (TPSA) is 81.6 Å². The fraction of sp³-hybridized carbons (Fsp3) is 0.692. The standard InChI is InChI=1S/C13H21N3O3/c1-13(2,3)18-12(17)16-7-5-4-6-10(16)9-8-11(14)19-15-9/h8,10H,4-7,14H2,1-3H3. The van der Waals surface area contributed by atoms with Crippen LogP contribution in [0.25, 0.3) is 0 Å². The summed E-state index contributed by atoms with van der Waals surface area (Å²) in [4.78, 5) is 13.9. The predicted molar refractivity (Wildman–Crippen MR) is 70.4 cm³/mol. The molecule has 1 unspecified atom stereocenters. The van der Waals surface area contributed by atoms with Crippen LogP contribution in [0, 0.1) is 0 Å². The molecular formula is C13H21N3O3. The zero-order chi connectivity index (χ0) is 14.0. The van der Waals surface area contributed by atoms with E-state index in [1.807, 2.05) is 20.8 Å². The third kappa shape index (κ3) is 3.39. The second-order valence-electron chi connectivity index (χ2n) is 5.84. The summed E-state index contributed by atoms with van der Waals surface area (Å²) in [5, 5.41) is 3.92. The largest absolute Gasteiger partial charge is 0.444 e. The number of likely N-dealkylation sites (tertiary alicyclic amines) is 1. The molecule has 0 spiro atoms. The van der Waals surface area contributed by atoms with Crippen LogP contribution in [-0.4, -0.2) is 28.3 Å². The maximum Gasteiger partial charge on any atom is 0.410 e. The molecule has 2 rings (SSSR count). The molecule has 1 fully saturated rings. The van der Waals surface area contributed by atoms with Crippen LogP contribution in [0.3, 0.4) is 0 Å². The number of anilines is 1. The molecule has 2 heterocycles. The number of hydrogen-bond acceptors (Lipinski definition) is 5. The first-order valence-electron chi connectivity index (χ1n) is 6.58. The second kappa shape index (κ2) is 5.11. The van der Waals surface area contributed by atoms with Gasteiger partial charge in [-0.2, -0.15) is 0 Å². The first kappa shape index (κ1) is 13.7. The minimum Gasteiger partial charge on any atom is -0.444 e. The van der Waals surface area contributed by atoms with E-state index in [-0.39, 0.29) is 18.0 Å². The fourth-order valence-electron chi connectivity index (χ4n) is 2.24. The minimum absolute atomic E-state index is 0.107. The van der Waals surface area contributed by atoms with Gasteiger partial charge in [0.15, 0.2) is 0 Å². The van der Waals surface area contributed by atoms with Gasteiger partial charge >= 0.3 is 6.09 Å². The fourth-order valence-corrected chi connectivity index (χ4v) is 2.24. The molecule has 1 aromatic rings. The molecule has 1 aliphatic rings. The Morgan fingerprint density at radius 1 is 1.53 bits per heavy atom. The van der Waals surface area contributed by atoms with Crippen molar-refractivity contribution in [3.05, 3.63) is 11.8 Å². The average molecular weight is 267 g/mol. The molecule has 0 bridgehead atoms. The molecule has 1 amide bonds. The van der Waals surface area contributed by atoms with Gasteiger partial charge < -0.3 is 15.0 Å². The lowest BCUT2D eigenvalue weighted by Gasteiger charge is -2.35. The summed E-state index contributed by atoms with van der Waals surface area (Å²) in [6, 6.07) is 1.57. The van der Waals surface area contributed by atoms with Crippen molar-refractivity contribution in [2.45, 2.75) is 51.7 Å². The van der Waals surface area contributed by atoms with Gasteiger partial charge in [-0.25, -0.2) is 4.79 Å². The molecule has 1 saturated heterocycles. The highest BCUT2D eigenvalue weighted by atomic mass is 16.6. The lowest BCUT2D eigenvalue weighted by molar-refractivity contribution is 0.00870. The van der Waals surface area contributed by atoms with E-state index in [1.54, 1.807) is 11.0 Å². The summed E-state index contributed by atoms with van der Waals surface area (Å²) in [5.41, 5.74) is 5.74. The summed E-state index contributed by atoms with van der Waals surface area (Å²) < 4.78 is 10.3. The first-order valence-corrected chi connectivity index (χ1v) is 6.58. The number of amides is 1. The van der Waals surface area contributed by atoms with Crippen LogP contribution in [0.2, 0.25) is 0 Å². The molecule has 1 aromatic heterocycles. The molecule has 19 heavy (non-hydrogen) atoms. The molecule has 0 saturated carbocycles. The Morgan fingerprint density at radius 3 is 2.84 bits per heavy atom. The van der Waals surface area contributed by atoms with E-state index in [4.69, 9.17) is 15.0 Å². The molecular weight excluding hydrogens is 246 g/mol. The van der Waals surface area contributed by atoms with E-state index >= 15 is 0 Å². The van der Waals surface area contributed by atoms with Gasteiger partial charge in [0.1, 0.15) is 11.3 Å². The lowest BCUT2D eigenvalue weighted by atomic mass is 10.00. The monoisotopic (exact) mass is 267 g/mol. The molecule has 1 aliphatic heterocycles. The molecule has 1 atom stereocenters. The lowest BCUT2D eigenvalue weighted by Crippen LogP contribution is -2.42. The molecule has 0 aliphatic carbocycles. The van der Waals surface area contributed by atoms with Gasteiger partial charge in [-0.15, -0.1) is 0 Å². The SMILES string of the molecule is CC(C)(C)OC(=O)N1CCCCC1c1cc(N)on1. The van der Waals surface area contributed by atoms with Crippen molar-refractivity contribution in [3.8, 4) is 0 Å². The number of nitrogens with zero attached hydrogens (tertiary/aromatic N) is 2. The van der Waals surface area contributed by atoms with Crippen LogP contribution >= 0.6 is 0 Å². The van der Waals surface area contributed by atoms with Gasteiger partial charge in [-0.05, 0) is 40.0 Å². The van der Waals surface area contributed by atoms with Crippen LogP contribution < -0.4 is 5.73 Å². The third-order valence-electron chi connectivity index (χ3n) is 3.02. The van der Waals surface area contributed by atoms with Crippen LogP contribution in [0.4, 0.5) is 10.7 Å². The van der Waals surface area contributed by atoms with E-state index in [0.717, 1.165) is 19.3 Å². The molecule has 6 heteroatoms. The summed E-state index contributed by atoms with van der Waals surface area (Å²) in [6.45, 7) is 6.25. The summed E-state index contributed by atoms with van der Waals surface area (Å²) in [7, 11) is 0. The van der Waals surface area contributed by atoms with Crippen LogP contribution in [0.1, 0.15) is 51.8 Å². The summed E-state index contributed by atoms with van der Waals surface area (Å²) in [6.07, 6.45) is 2.57. The molecule has 0 radical (unpaired) electrons. The maximum atomic E-state index is 12.2. The summed E-state index contributed by atoms with van der Waals surface area (Å²) in [5.74, 6) is 0.268. The van der Waals surface area contributed by atoms with Gasteiger partial charge in [-0.3, -0.25) is 4.90 Å². The third-order valence-corrected chi connectivity index (χ3v) is 3.02. The van der Waals surface area contributed by atoms with Crippen molar-refractivity contribution in [2.24, 2.45) is 0 Å². The van der Waals surface area contributed by atoms with Crippen molar-refractivity contribution in [2.75, 3.05) is 12.3 Å². The van der Waals surface area contributed by atoms with E-state index in [9.17, 15) is 4.79 Å². The number of rotatable bonds is 1. The van der Waals surface area contributed by atoms with Gasteiger partial charge in [0.25, 0.3) is 0 Å². The smallest absolute Gasteiger partial charge is 0.410 e. The zero-order valence-corrected chi connectivity index (χ0v) is 11.7. The van der Waals surface area contributed by atoms with Crippen molar-refractivity contribution >= 4 is 12.0 Å². The van der Waals surface area contributed by atoms with Crippen molar-refractivity contribution in [1.82, 2.24) is 10.1 Å². The van der Waals surface area contributed by atoms with E-state index < -0.39 is 5.60 Å². The Balaban J connectivity index is 2.14. The van der Waals surface area contributed by atoms with E-state index in [0.29, 0.717) is 12.2 Å². The minimum atomic E-state index is -0.498. The molecule has 106 valence electrons. The number of nitrogens with two attached hydrogens (primary N) is 1. The molecule has 2 N–H and O–H groups in total. The molecule has 6 nitrogen and oxygen atoms in total. The van der Waals surface area contributed by atoms with Crippen LogP contribution in [-0.2, 0) is 4.74 Å². The Bertz CT molecular complexity index is 450. The number of carbonyl (C=O) groups is 1. The Morgan fingerprint density at radius 2 is 2.26 bits per heavy atom. The van der Waals surface area contributed by atoms with E-state index in [1.165, 1.54) is 0 Å². The van der Waals surface area contributed by atoms with Crippen LogP contribution in [0.5, 0.6) is 0 Å². The summed E-state index contributed by atoms with van der Waals surface area (Å²) >= 11 is 0. The van der Waals surface area contributed by atoms with Gasteiger partial charge in [0, 0.05) is 12.6 Å². The van der Waals surface area contributed by atoms with Crippen molar-refractivity contribution < 1.29 is 14.1 Å². The van der Waals surface area contributed by atoms with Crippen molar-refractivity contribution in [3.63, 3.8) is 0 Å². The highest BCUT2D eigenvalue weighted by Gasteiger charge is 2.33. The van der Waals surface area contributed by atoms with E-state index in [2.05, 4.69) is 5.16 Å². The average Bonchev–Trinajstić information content (AvgIpc) is 2.73. The van der Waals surface area contributed by atoms with Crippen molar-refractivity contribution in [1.29, 1.82) is 0 Å². The number of hydrogen-bond donors (Lipinski definition) is 1. The maximum absolute atomic E-state index is 12.2. The normalized spacial score (nSPS) is 20.4. The first-order chi connectivity index (χ1) is 8.87. The zero-order valence-electron chi connectivity index (χ0n) is 11.7. The second-order valence-corrected chi connectivity index (χ2v) is 5.84. The van der Waals surface area contributed by atoms with Gasteiger partial charge in [-0.1, -0.05) is 5.16 Å². The predicted octanol–water partition coefficient (Wildman–Crippen LogP) is 2.72. The number of aromatic nitrogens is 1. The Hall–Kier alpha value is -1.72. The number of nitrogen functional groups attached to an aromatic ring is 1. The van der Waals surface area contributed by atoms with Gasteiger partial charge in [0.2, 0.25) is 5.88 Å². The quantitative estimate of drug-likeness (QED) is 0.846. The number of ether oxygens (including phenoxy) is 1. The Kier molecular flexibility index (Phi) is 3.68. The highest BCUT2D eigenvalue weighted by molar-refractivity contribution is 5.69. The Labute approximate surface area is 112 Å². The number of piperidine rings is 1.